The molecule has 0 aliphatic carbocycles. The van der Waals surface area contributed by atoms with E-state index in [-0.39, 0.29) is 12.3 Å². The second-order valence-electron chi connectivity index (χ2n) is 4.56. The zero-order valence-corrected chi connectivity index (χ0v) is 12.4. The van der Waals surface area contributed by atoms with Crippen molar-refractivity contribution in [1.82, 2.24) is 10.1 Å². The van der Waals surface area contributed by atoms with Crippen molar-refractivity contribution in [3.05, 3.63) is 69.6 Å². The van der Waals surface area contributed by atoms with E-state index in [1.54, 1.807) is 18.2 Å². The van der Waals surface area contributed by atoms with E-state index in [1.165, 1.54) is 24.3 Å². The fourth-order valence-corrected chi connectivity index (χ4v) is 2.06. The Bertz CT molecular complexity index is 833. The summed E-state index contributed by atoms with van der Waals surface area (Å²) in [6, 6.07) is 12.8. The van der Waals surface area contributed by atoms with Gasteiger partial charge in [0.05, 0.1) is 4.92 Å². The molecule has 0 saturated heterocycles. The Balaban J connectivity index is 1.66. The van der Waals surface area contributed by atoms with Gasteiger partial charge in [-0.15, -0.1) is 0 Å². The number of rotatable bonds is 5. The van der Waals surface area contributed by atoms with Gasteiger partial charge in [-0.25, -0.2) is 0 Å². The third-order valence-corrected chi connectivity index (χ3v) is 3.20. The molecule has 116 valence electrons. The van der Waals surface area contributed by atoms with Crippen molar-refractivity contribution in [2.24, 2.45) is 0 Å². The molecule has 0 aliphatic heterocycles. The number of hydrogen-bond acceptors (Lipinski definition) is 6. The predicted molar refractivity (Wildman–Crippen MR) is 82.2 cm³/mol. The third-order valence-electron chi connectivity index (χ3n) is 2.96. The summed E-state index contributed by atoms with van der Waals surface area (Å²) < 4.78 is 10.6. The van der Waals surface area contributed by atoms with Crippen molar-refractivity contribution < 1.29 is 14.2 Å². The van der Waals surface area contributed by atoms with Crippen LogP contribution in [0, 0.1) is 10.1 Å². The molecule has 8 heteroatoms. The Hall–Kier alpha value is -2.93. The number of ether oxygens (including phenoxy) is 1. The Morgan fingerprint density at radius 1 is 1.22 bits per heavy atom. The monoisotopic (exact) mass is 331 g/mol. The second-order valence-corrected chi connectivity index (χ2v) is 5.00. The van der Waals surface area contributed by atoms with Gasteiger partial charge < -0.3 is 9.26 Å². The Morgan fingerprint density at radius 2 is 2.00 bits per heavy atom. The molecule has 1 heterocycles. The van der Waals surface area contributed by atoms with E-state index < -0.39 is 4.92 Å². The molecule has 3 rings (SSSR count). The van der Waals surface area contributed by atoms with Crippen LogP contribution < -0.4 is 4.74 Å². The van der Waals surface area contributed by atoms with Crippen LogP contribution in [0.3, 0.4) is 0 Å². The molecule has 1 aromatic heterocycles. The van der Waals surface area contributed by atoms with Crippen LogP contribution in [0.15, 0.2) is 53.1 Å². The highest BCUT2D eigenvalue weighted by atomic mass is 35.5. The maximum absolute atomic E-state index is 10.6. The standard InChI is InChI=1S/C15H10ClN3O4/c16-11-3-1-2-10(8-11)15-17-14(23-18-15)9-22-13-6-4-12(5-7-13)19(20)21/h1-8H,9H2. The molecule has 0 unspecified atom stereocenters. The lowest BCUT2D eigenvalue weighted by molar-refractivity contribution is -0.384. The first-order valence-corrected chi connectivity index (χ1v) is 6.95. The minimum absolute atomic E-state index is 0.00150. The summed E-state index contributed by atoms with van der Waals surface area (Å²) in [4.78, 5) is 14.3. The van der Waals surface area contributed by atoms with Crippen LogP contribution in [0.2, 0.25) is 5.02 Å². The van der Waals surface area contributed by atoms with Gasteiger partial charge in [-0.2, -0.15) is 4.98 Å². The van der Waals surface area contributed by atoms with Crippen LogP contribution in [0.25, 0.3) is 11.4 Å². The molecule has 0 atom stereocenters. The van der Waals surface area contributed by atoms with E-state index in [9.17, 15) is 10.1 Å². The van der Waals surface area contributed by atoms with Crippen molar-refractivity contribution in [3.8, 4) is 17.1 Å². The van der Waals surface area contributed by atoms with Crippen molar-refractivity contribution in [2.45, 2.75) is 6.61 Å². The molecule has 0 saturated carbocycles. The molecule has 0 bridgehead atoms. The fraction of sp³-hybridized carbons (Fsp3) is 0.0667. The quantitative estimate of drug-likeness (QED) is 0.520. The van der Waals surface area contributed by atoms with Gasteiger partial charge in [-0.05, 0) is 24.3 Å². The van der Waals surface area contributed by atoms with Gasteiger partial charge >= 0.3 is 0 Å². The van der Waals surface area contributed by atoms with E-state index in [1.807, 2.05) is 6.07 Å². The first-order valence-electron chi connectivity index (χ1n) is 6.57. The molecule has 0 spiro atoms. The van der Waals surface area contributed by atoms with Gasteiger partial charge in [0.15, 0.2) is 6.61 Å². The molecular formula is C15H10ClN3O4. The van der Waals surface area contributed by atoms with Crippen LogP contribution in [0.4, 0.5) is 5.69 Å². The number of hydrogen-bond donors (Lipinski definition) is 0. The molecule has 23 heavy (non-hydrogen) atoms. The molecule has 3 aromatic rings. The lowest BCUT2D eigenvalue weighted by Gasteiger charge is -2.01. The first-order chi connectivity index (χ1) is 11.1. The van der Waals surface area contributed by atoms with E-state index in [2.05, 4.69) is 10.1 Å². The fourth-order valence-electron chi connectivity index (χ4n) is 1.87. The van der Waals surface area contributed by atoms with Crippen molar-refractivity contribution in [3.63, 3.8) is 0 Å². The molecule has 2 aromatic carbocycles. The van der Waals surface area contributed by atoms with Crippen molar-refractivity contribution >= 4 is 17.3 Å². The summed E-state index contributed by atoms with van der Waals surface area (Å²) in [6.45, 7) is 0.0609. The summed E-state index contributed by atoms with van der Waals surface area (Å²) in [5.41, 5.74) is 0.737. The molecular weight excluding hydrogens is 322 g/mol. The smallest absolute Gasteiger partial charge is 0.269 e. The predicted octanol–water partition coefficient (Wildman–Crippen LogP) is 3.88. The van der Waals surface area contributed by atoms with E-state index in [0.717, 1.165) is 5.56 Å². The largest absolute Gasteiger partial charge is 0.484 e. The van der Waals surface area contributed by atoms with Crippen LogP contribution in [0.5, 0.6) is 5.75 Å². The summed E-state index contributed by atoms with van der Waals surface area (Å²) >= 11 is 5.92. The normalized spacial score (nSPS) is 10.5. The minimum Gasteiger partial charge on any atom is -0.484 e. The van der Waals surface area contributed by atoms with Crippen LogP contribution in [0.1, 0.15) is 5.89 Å². The maximum Gasteiger partial charge on any atom is 0.269 e. The van der Waals surface area contributed by atoms with Gasteiger partial charge in [-0.3, -0.25) is 10.1 Å². The average molecular weight is 332 g/mol. The summed E-state index contributed by atoms with van der Waals surface area (Å²) in [5.74, 6) is 1.17. The van der Waals surface area contributed by atoms with Gasteiger partial charge in [0.25, 0.3) is 11.6 Å². The van der Waals surface area contributed by atoms with Crippen LogP contribution >= 0.6 is 11.6 Å². The Morgan fingerprint density at radius 3 is 2.70 bits per heavy atom. The van der Waals surface area contributed by atoms with Gasteiger partial charge in [0.2, 0.25) is 5.82 Å². The topological polar surface area (TPSA) is 91.3 Å². The van der Waals surface area contributed by atoms with E-state index in [0.29, 0.717) is 22.5 Å². The summed E-state index contributed by atoms with van der Waals surface area (Å²) in [5, 5.41) is 15.0. The van der Waals surface area contributed by atoms with Crippen LogP contribution in [-0.4, -0.2) is 15.1 Å². The molecule has 0 aliphatic rings. The SMILES string of the molecule is O=[N+]([O-])c1ccc(OCc2nc(-c3cccc(Cl)c3)no2)cc1. The molecule has 0 N–H and O–H groups in total. The van der Waals surface area contributed by atoms with E-state index >= 15 is 0 Å². The van der Waals surface area contributed by atoms with Gasteiger partial charge in [0.1, 0.15) is 5.75 Å². The number of benzene rings is 2. The number of halogens is 1. The number of nitrogens with zero attached hydrogens (tertiary/aromatic N) is 3. The third kappa shape index (κ3) is 3.64. The van der Waals surface area contributed by atoms with Gasteiger partial charge in [0, 0.05) is 22.7 Å². The highest BCUT2D eigenvalue weighted by Gasteiger charge is 2.10. The van der Waals surface area contributed by atoms with Gasteiger partial charge in [-0.1, -0.05) is 28.9 Å². The maximum atomic E-state index is 10.6. The molecule has 0 amide bonds. The zero-order chi connectivity index (χ0) is 16.2. The van der Waals surface area contributed by atoms with E-state index in [4.69, 9.17) is 20.9 Å². The van der Waals surface area contributed by atoms with Crippen molar-refractivity contribution in [2.75, 3.05) is 0 Å². The molecule has 7 nitrogen and oxygen atoms in total. The molecule has 0 fully saturated rings. The lowest BCUT2D eigenvalue weighted by atomic mass is 10.2. The highest BCUT2D eigenvalue weighted by Crippen LogP contribution is 2.21. The summed E-state index contributed by atoms with van der Waals surface area (Å²) in [7, 11) is 0. The number of nitro benzene ring substituents is 1. The molecule has 0 radical (unpaired) electrons. The average Bonchev–Trinajstić information content (AvgIpc) is 3.02. The highest BCUT2D eigenvalue weighted by molar-refractivity contribution is 6.30. The number of nitro groups is 1. The minimum atomic E-state index is -0.473. The number of non-ortho nitro benzene ring substituents is 1. The summed E-state index contributed by atoms with van der Waals surface area (Å²) in [6.07, 6.45) is 0. The number of aromatic nitrogens is 2. The van der Waals surface area contributed by atoms with Crippen LogP contribution in [-0.2, 0) is 6.61 Å². The lowest BCUT2D eigenvalue weighted by Crippen LogP contribution is -1.96. The zero-order valence-electron chi connectivity index (χ0n) is 11.7. The van der Waals surface area contributed by atoms with Crippen molar-refractivity contribution in [1.29, 1.82) is 0 Å². The first kappa shape index (κ1) is 15.0. The Labute approximate surface area is 135 Å². The Kier molecular flexibility index (Phi) is 4.20. The second kappa shape index (κ2) is 6.45.